The molecule has 0 unspecified atom stereocenters. The standard InChI is InChI=1S/C22H23N3OS/c1-15-5-9-17(10-6-15)20-21(18-11-7-16(2)8-12-18)24-25-22(23-20)27-14-19-4-3-13-26-19/h5-12,19H,3-4,13-14H2,1-2H3/t19-/m0/s1. The van der Waals surface area contributed by atoms with Gasteiger partial charge < -0.3 is 4.74 Å². The molecule has 0 spiro atoms. The second-order valence-electron chi connectivity index (χ2n) is 6.97. The Morgan fingerprint density at radius 1 is 0.889 bits per heavy atom. The summed E-state index contributed by atoms with van der Waals surface area (Å²) >= 11 is 1.63. The van der Waals surface area contributed by atoms with E-state index in [9.17, 15) is 0 Å². The monoisotopic (exact) mass is 377 g/mol. The van der Waals surface area contributed by atoms with Gasteiger partial charge in [-0.05, 0) is 26.7 Å². The van der Waals surface area contributed by atoms with Crippen LogP contribution in [-0.2, 0) is 4.74 Å². The van der Waals surface area contributed by atoms with Crippen LogP contribution in [0.3, 0.4) is 0 Å². The summed E-state index contributed by atoms with van der Waals surface area (Å²) in [5, 5.41) is 9.64. The lowest BCUT2D eigenvalue weighted by atomic mass is 10.0. The second-order valence-corrected chi connectivity index (χ2v) is 7.96. The summed E-state index contributed by atoms with van der Waals surface area (Å²) < 4.78 is 5.71. The first-order valence-corrected chi connectivity index (χ1v) is 10.3. The summed E-state index contributed by atoms with van der Waals surface area (Å²) in [5.41, 5.74) is 6.24. The first-order chi connectivity index (χ1) is 13.2. The minimum atomic E-state index is 0.304. The van der Waals surface area contributed by atoms with Gasteiger partial charge in [-0.1, -0.05) is 71.4 Å². The minimum absolute atomic E-state index is 0.304. The highest BCUT2D eigenvalue weighted by molar-refractivity contribution is 7.99. The zero-order chi connectivity index (χ0) is 18.6. The van der Waals surface area contributed by atoms with Crippen molar-refractivity contribution in [2.75, 3.05) is 12.4 Å². The van der Waals surface area contributed by atoms with E-state index in [1.807, 2.05) is 0 Å². The highest BCUT2D eigenvalue weighted by atomic mass is 32.2. The Bertz CT molecular complexity index is 904. The molecule has 4 nitrogen and oxygen atoms in total. The van der Waals surface area contributed by atoms with Crippen molar-refractivity contribution in [1.82, 2.24) is 15.2 Å². The van der Waals surface area contributed by atoms with Crippen molar-refractivity contribution in [2.45, 2.75) is 37.9 Å². The Labute approximate surface area is 164 Å². The van der Waals surface area contributed by atoms with Crippen LogP contribution in [-0.4, -0.2) is 33.6 Å². The van der Waals surface area contributed by atoms with E-state index in [0.29, 0.717) is 11.3 Å². The van der Waals surface area contributed by atoms with E-state index in [0.717, 1.165) is 47.7 Å². The summed E-state index contributed by atoms with van der Waals surface area (Å²) in [6.07, 6.45) is 2.57. The number of hydrogen-bond acceptors (Lipinski definition) is 5. The van der Waals surface area contributed by atoms with E-state index >= 15 is 0 Å². The molecule has 27 heavy (non-hydrogen) atoms. The van der Waals surface area contributed by atoms with Crippen molar-refractivity contribution in [3.05, 3.63) is 59.7 Å². The number of thioether (sulfide) groups is 1. The molecule has 1 aromatic heterocycles. The average Bonchev–Trinajstić information content (AvgIpc) is 3.21. The lowest BCUT2D eigenvalue weighted by molar-refractivity contribution is 0.129. The van der Waals surface area contributed by atoms with Crippen molar-refractivity contribution in [3.8, 4) is 22.5 Å². The molecule has 1 aliphatic rings. The van der Waals surface area contributed by atoms with E-state index in [2.05, 4.69) is 72.6 Å². The van der Waals surface area contributed by atoms with Gasteiger partial charge >= 0.3 is 0 Å². The van der Waals surface area contributed by atoms with Crippen LogP contribution in [0.1, 0.15) is 24.0 Å². The highest BCUT2D eigenvalue weighted by Crippen LogP contribution is 2.31. The number of aromatic nitrogens is 3. The molecule has 2 aromatic carbocycles. The van der Waals surface area contributed by atoms with Crippen molar-refractivity contribution < 1.29 is 4.74 Å². The van der Waals surface area contributed by atoms with Crippen LogP contribution in [0.15, 0.2) is 53.7 Å². The summed E-state index contributed by atoms with van der Waals surface area (Å²) in [6.45, 7) is 5.04. The Hall–Kier alpha value is -2.24. The molecular weight excluding hydrogens is 354 g/mol. The topological polar surface area (TPSA) is 47.9 Å². The van der Waals surface area contributed by atoms with E-state index < -0.39 is 0 Å². The predicted molar refractivity (Wildman–Crippen MR) is 110 cm³/mol. The molecule has 0 saturated carbocycles. The van der Waals surface area contributed by atoms with Gasteiger partial charge in [0.2, 0.25) is 5.16 Å². The van der Waals surface area contributed by atoms with E-state index in [1.165, 1.54) is 11.1 Å². The molecule has 3 aromatic rings. The van der Waals surface area contributed by atoms with Gasteiger partial charge in [-0.15, -0.1) is 10.2 Å². The van der Waals surface area contributed by atoms with Crippen molar-refractivity contribution >= 4 is 11.8 Å². The first kappa shape index (κ1) is 18.1. The number of ether oxygens (including phenoxy) is 1. The second kappa shape index (κ2) is 8.19. The van der Waals surface area contributed by atoms with Gasteiger partial charge in [0.05, 0.1) is 6.10 Å². The Kier molecular flexibility index (Phi) is 5.50. The largest absolute Gasteiger partial charge is 0.377 e. The SMILES string of the molecule is Cc1ccc(-c2nnc(SC[C@@H]3CCCO3)nc2-c2ccc(C)cc2)cc1. The van der Waals surface area contributed by atoms with Gasteiger partial charge in [-0.3, -0.25) is 0 Å². The molecule has 5 heteroatoms. The van der Waals surface area contributed by atoms with Gasteiger partial charge in [-0.25, -0.2) is 4.98 Å². The zero-order valence-corrected chi connectivity index (χ0v) is 16.5. The minimum Gasteiger partial charge on any atom is -0.377 e. The molecule has 1 aliphatic heterocycles. The van der Waals surface area contributed by atoms with Gasteiger partial charge in [0.1, 0.15) is 11.4 Å². The fourth-order valence-corrected chi connectivity index (χ4v) is 3.99. The lowest BCUT2D eigenvalue weighted by Crippen LogP contribution is -2.09. The van der Waals surface area contributed by atoms with Gasteiger partial charge in [0.25, 0.3) is 0 Å². The van der Waals surface area contributed by atoms with E-state index in [4.69, 9.17) is 9.72 Å². The summed E-state index contributed by atoms with van der Waals surface area (Å²) in [4.78, 5) is 4.87. The molecule has 138 valence electrons. The van der Waals surface area contributed by atoms with Crippen LogP contribution in [0.25, 0.3) is 22.5 Å². The Balaban J connectivity index is 1.69. The quantitative estimate of drug-likeness (QED) is 0.579. The Morgan fingerprint density at radius 2 is 1.52 bits per heavy atom. The summed E-state index contributed by atoms with van der Waals surface area (Å²) in [7, 11) is 0. The smallest absolute Gasteiger partial charge is 0.209 e. The predicted octanol–water partition coefficient (Wildman–Crippen LogP) is 5.09. The third-order valence-corrected chi connectivity index (χ3v) is 5.71. The van der Waals surface area contributed by atoms with Crippen LogP contribution in [0, 0.1) is 13.8 Å². The number of nitrogens with zero attached hydrogens (tertiary/aromatic N) is 3. The number of aryl methyl sites for hydroxylation is 2. The van der Waals surface area contributed by atoms with Crippen LogP contribution in [0.5, 0.6) is 0 Å². The summed E-state index contributed by atoms with van der Waals surface area (Å²) in [5.74, 6) is 0.874. The molecule has 2 heterocycles. The third-order valence-electron chi connectivity index (χ3n) is 4.74. The van der Waals surface area contributed by atoms with Gasteiger partial charge in [-0.2, -0.15) is 0 Å². The zero-order valence-electron chi connectivity index (χ0n) is 15.7. The van der Waals surface area contributed by atoms with E-state index in [1.54, 1.807) is 11.8 Å². The number of hydrogen-bond donors (Lipinski definition) is 0. The van der Waals surface area contributed by atoms with Crippen LogP contribution in [0.4, 0.5) is 0 Å². The molecule has 0 N–H and O–H groups in total. The molecule has 4 rings (SSSR count). The third kappa shape index (κ3) is 4.37. The first-order valence-electron chi connectivity index (χ1n) is 9.32. The normalized spacial score (nSPS) is 16.6. The molecular formula is C22H23N3OS. The molecule has 1 saturated heterocycles. The fraction of sp³-hybridized carbons (Fsp3) is 0.318. The highest BCUT2D eigenvalue weighted by Gasteiger charge is 2.18. The van der Waals surface area contributed by atoms with Gasteiger partial charge in [0.15, 0.2) is 0 Å². The average molecular weight is 378 g/mol. The molecule has 0 amide bonds. The fourth-order valence-electron chi connectivity index (χ4n) is 3.13. The molecule has 1 fully saturated rings. The molecule has 0 radical (unpaired) electrons. The molecule has 0 bridgehead atoms. The van der Waals surface area contributed by atoms with Crippen molar-refractivity contribution in [3.63, 3.8) is 0 Å². The number of benzene rings is 2. The maximum absolute atomic E-state index is 5.71. The lowest BCUT2D eigenvalue weighted by Gasteiger charge is -2.11. The van der Waals surface area contributed by atoms with Crippen LogP contribution in [0.2, 0.25) is 0 Å². The maximum Gasteiger partial charge on any atom is 0.209 e. The molecule has 0 aliphatic carbocycles. The van der Waals surface area contributed by atoms with Crippen LogP contribution >= 0.6 is 11.8 Å². The van der Waals surface area contributed by atoms with Crippen molar-refractivity contribution in [1.29, 1.82) is 0 Å². The van der Waals surface area contributed by atoms with Crippen LogP contribution < -0.4 is 0 Å². The summed E-state index contributed by atoms with van der Waals surface area (Å²) in [6, 6.07) is 16.8. The number of rotatable bonds is 5. The van der Waals surface area contributed by atoms with Gasteiger partial charge in [0, 0.05) is 23.5 Å². The maximum atomic E-state index is 5.71. The van der Waals surface area contributed by atoms with E-state index in [-0.39, 0.29) is 0 Å². The van der Waals surface area contributed by atoms with Crippen molar-refractivity contribution in [2.24, 2.45) is 0 Å². The molecule has 1 atom stereocenters. The Morgan fingerprint density at radius 3 is 2.11 bits per heavy atom.